The molecule has 2 fully saturated rings. The van der Waals surface area contributed by atoms with Gasteiger partial charge < -0.3 is 65.1 Å². The predicted octanol–water partition coefficient (Wildman–Crippen LogP) is 4.42. The van der Waals surface area contributed by atoms with Crippen molar-refractivity contribution in [1.29, 1.82) is 0 Å². The first kappa shape index (κ1) is 55.0. The molecule has 2 heterocycles. The summed E-state index contributed by atoms with van der Waals surface area (Å²) in [7, 11) is 0. The van der Waals surface area contributed by atoms with E-state index >= 15 is 0 Å². The van der Waals surface area contributed by atoms with Crippen molar-refractivity contribution in [2.24, 2.45) is 0 Å². The third-order valence-corrected chi connectivity index (χ3v) is 10.3. The molecule has 0 aromatic carbocycles. The Bertz CT molecular complexity index is 1410. The largest absolute Gasteiger partial charge is 0.394 e. The molecule has 14 nitrogen and oxygen atoms in total. The van der Waals surface area contributed by atoms with Crippen LogP contribution in [0.5, 0.6) is 0 Å². The minimum Gasteiger partial charge on any atom is -0.394 e. The lowest BCUT2D eigenvalue weighted by molar-refractivity contribution is -0.359. The molecule has 12 unspecified atom stereocenters. The predicted molar refractivity (Wildman–Crippen MR) is 239 cm³/mol. The van der Waals surface area contributed by atoms with Gasteiger partial charge in [-0.25, -0.2) is 0 Å². The standard InChI is InChI=1S/C48H77NO13/c1-3-5-7-9-11-13-15-17-18-20-22-24-26-28-30-32-40(53)49-36(37(52)31-29-27-25-23-21-19-16-14-12-10-8-6-4-2)35-59-47-45(58)43(56)46(39(34-51)61-47)62-48-44(57)42(55)41(54)38(33-50)60-48/h5,7,11-14,17-18,21-24,28-31,36-39,41-48,50-52,54-58H,3-4,6,8-10,15-16,19-20,25-27,32-35H2,1-2H3,(H,49,53)/b7-5-,13-11-,14-12+,18-17-,23-21+,24-22-,30-28-,31-29+. The second-order valence-corrected chi connectivity index (χ2v) is 15.4. The molecule has 2 aliphatic rings. The summed E-state index contributed by atoms with van der Waals surface area (Å²) in [4.78, 5) is 13.0. The number of rotatable bonds is 31. The smallest absolute Gasteiger partial charge is 0.224 e. The van der Waals surface area contributed by atoms with E-state index in [0.29, 0.717) is 12.8 Å². The van der Waals surface area contributed by atoms with Gasteiger partial charge in [-0.15, -0.1) is 0 Å². The molecular formula is C48H77NO13. The fourth-order valence-electron chi connectivity index (χ4n) is 6.56. The van der Waals surface area contributed by atoms with E-state index in [1.54, 1.807) is 12.2 Å². The number of aliphatic hydroxyl groups is 8. The van der Waals surface area contributed by atoms with Crippen LogP contribution in [0.1, 0.15) is 104 Å². The third-order valence-electron chi connectivity index (χ3n) is 10.3. The van der Waals surface area contributed by atoms with Crippen LogP contribution >= 0.6 is 0 Å². The Morgan fingerprint density at radius 1 is 0.597 bits per heavy atom. The van der Waals surface area contributed by atoms with Gasteiger partial charge in [-0.3, -0.25) is 4.79 Å². The van der Waals surface area contributed by atoms with E-state index in [4.69, 9.17) is 18.9 Å². The van der Waals surface area contributed by atoms with Gasteiger partial charge in [-0.1, -0.05) is 124 Å². The molecule has 0 saturated carbocycles. The highest BCUT2D eigenvalue weighted by Crippen LogP contribution is 2.29. The minimum absolute atomic E-state index is 0.0318. The summed E-state index contributed by atoms with van der Waals surface area (Å²) in [6.07, 6.45) is 27.7. The van der Waals surface area contributed by atoms with Crippen LogP contribution in [-0.2, 0) is 23.7 Å². The quantitative estimate of drug-likeness (QED) is 0.0348. The summed E-state index contributed by atoms with van der Waals surface area (Å²) in [5.74, 6) is -0.388. The Hall–Kier alpha value is -3.09. The summed E-state index contributed by atoms with van der Waals surface area (Å²) in [6.45, 7) is 2.49. The van der Waals surface area contributed by atoms with E-state index < -0.39 is 86.8 Å². The molecule has 0 aromatic rings. The first-order valence-corrected chi connectivity index (χ1v) is 22.5. The van der Waals surface area contributed by atoms with Crippen molar-refractivity contribution in [3.05, 3.63) is 97.2 Å². The highest BCUT2D eigenvalue weighted by atomic mass is 16.7. The zero-order valence-electron chi connectivity index (χ0n) is 36.8. The monoisotopic (exact) mass is 876 g/mol. The van der Waals surface area contributed by atoms with Crippen molar-refractivity contribution in [2.45, 2.75) is 177 Å². The summed E-state index contributed by atoms with van der Waals surface area (Å²) < 4.78 is 22.5. The van der Waals surface area contributed by atoms with E-state index in [9.17, 15) is 45.6 Å². The molecule has 0 aliphatic carbocycles. The van der Waals surface area contributed by atoms with Crippen molar-refractivity contribution in [2.75, 3.05) is 19.8 Å². The molecule has 2 saturated heterocycles. The van der Waals surface area contributed by atoms with Crippen LogP contribution in [0.4, 0.5) is 0 Å². The molecular weight excluding hydrogens is 799 g/mol. The highest BCUT2D eigenvalue weighted by molar-refractivity contribution is 5.77. The molecule has 0 aromatic heterocycles. The molecule has 9 N–H and O–H groups in total. The van der Waals surface area contributed by atoms with Crippen LogP contribution in [0.25, 0.3) is 0 Å². The number of hydrogen-bond donors (Lipinski definition) is 9. The van der Waals surface area contributed by atoms with Gasteiger partial charge in [-0.05, 0) is 70.6 Å². The van der Waals surface area contributed by atoms with Gasteiger partial charge in [0, 0.05) is 6.42 Å². The summed E-state index contributed by atoms with van der Waals surface area (Å²) in [6, 6.07) is -0.996. The summed E-state index contributed by atoms with van der Waals surface area (Å²) in [5.41, 5.74) is 0. The van der Waals surface area contributed by atoms with E-state index in [0.717, 1.165) is 51.4 Å². The molecule has 0 radical (unpaired) electrons. The molecule has 352 valence electrons. The molecule has 2 rings (SSSR count). The lowest BCUT2D eigenvalue weighted by Crippen LogP contribution is -2.65. The number of hydrogen-bond acceptors (Lipinski definition) is 13. The van der Waals surface area contributed by atoms with Gasteiger partial charge in [0.15, 0.2) is 12.6 Å². The maximum atomic E-state index is 13.0. The zero-order chi connectivity index (χ0) is 45.4. The average molecular weight is 876 g/mol. The fourth-order valence-corrected chi connectivity index (χ4v) is 6.56. The number of carbonyl (C=O) groups is 1. The van der Waals surface area contributed by atoms with E-state index in [2.05, 4.69) is 86.0 Å². The first-order chi connectivity index (χ1) is 30.1. The number of allylic oxidation sites excluding steroid dienone is 14. The number of amides is 1. The molecule has 1 amide bonds. The van der Waals surface area contributed by atoms with Gasteiger partial charge in [0.1, 0.15) is 48.8 Å². The van der Waals surface area contributed by atoms with Gasteiger partial charge in [0.05, 0.1) is 32.0 Å². The van der Waals surface area contributed by atoms with Gasteiger partial charge >= 0.3 is 0 Å². The SMILES string of the molecule is CC/C=C\C/C=C\C/C=C\C/C=C\C/C=C\CC(=O)NC(COC1OC(CO)C(OC2OC(CO)C(O)C(O)C2O)C(O)C1O)C(O)/C=C/CC/C=C/CC/C=C/CCCCC. The molecule has 62 heavy (non-hydrogen) atoms. The van der Waals surface area contributed by atoms with Crippen molar-refractivity contribution >= 4 is 5.91 Å². The maximum Gasteiger partial charge on any atom is 0.224 e. The highest BCUT2D eigenvalue weighted by Gasteiger charge is 2.50. The Kier molecular flexibility index (Phi) is 30.5. The Morgan fingerprint density at radius 3 is 1.68 bits per heavy atom. The van der Waals surface area contributed by atoms with E-state index in [-0.39, 0.29) is 18.9 Å². The Labute approximate surface area is 369 Å². The van der Waals surface area contributed by atoms with Gasteiger partial charge in [-0.2, -0.15) is 0 Å². The van der Waals surface area contributed by atoms with Crippen LogP contribution in [0.15, 0.2) is 97.2 Å². The normalized spacial score (nSPS) is 28.7. The van der Waals surface area contributed by atoms with Crippen LogP contribution in [0.3, 0.4) is 0 Å². The van der Waals surface area contributed by atoms with Crippen molar-refractivity contribution in [3.8, 4) is 0 Å². The van der Waals surface area contributed by atoms with E-state index in [1.807, 2.05) is 18.2 Å². The van der Waals surface area contributed by atoms with Crippen molar-refractivity contribution in [3.63, 3.8) is 0 Å². The van der Waals surface area contributed by atoms with Crippen LogP contribution in [0.2, 0.25) is 0 Å². The summed E-state index contributed by atoms with van der Waals surface area (Å²) >= 11 is 0. The maximum absolute atomic E-state index is 13.0. The Balaban J connectivity index is 1.98. The number of nitrogens with one attached hydrogen (secondary N) is 1. The third kappa shape index (κ3) is 22.0. The molecule has 12 atom stereocenters. The molecule has 0 spiro atoms. The lowest BCUT2D eigenvalue weighted by atomic mass is 9.97. The van der Waals surface area contributed by atoms with Crippen LogP contribution < -0.4 is 5.32 Å². The first-order valence-electron chi connectivity index (χ1n) is 22.5. The van der Waals surface area contributed by atoms with E-state index in [1.165, 1.54) is 19.3 Å². The van der Waals surface area contributed by atoms with Crippen LogP contribution in [0, 0.1) is 0 Å². The second kappa shape index (κ2) is 34.3. The average Bonchev–Trinajstić information content (AvgIpc) is 3.27. The minimum atomic E-state index is -1.80. The lowest BCUT2D eigenvalue weighted by Gasteiger charge is -2.46. The summed E-state index contributed by atoms with van der Waals surface area (Å²) in [5, 5.41) is 86.3. The topological polar surface area (TPSA) is 228 Å². The molecule has 2 aliphatic heterocycles. The van der Waals surface area contributed by atoms with Crippen LogP contribution in [-0.4, -0.2) is 140 Å². The van der Waals surface area contributed by atoms with Crippen molar-refractivity contribution < 1.29 is 64.6 Å². The number of carbonyl (C=O) groups excluding carboxylic acids is 1. The second-order valence-electron chi connectivity index (χ2n) is 15.4. The van der Waals surface area contributed by atoms with Gasteiger partial charge in [0.2, 0.25) is 5.91 Å². The zero-order valence-corrected chi connectivity index (χ0v) is 36.8. The molecule has 14 heteroatoms. The number of unbranched alkanes of at least 4 members (excludes halogenated alkanes) is 5. The fraction of sp³-hybridized carbons (Fsp3) is 0.646. The van der Waals surface area contributed by atoms with Gasteiger partial charge in [0.25, 0.3) is 0 Å². The number of ether oxygens (including phenoxy) is 4. The number of aliphatic hydroxyl groups excluding tert-OH is 8. The van der Waals surface area contributed by atoms with Crippen molar-refractivity contribution in [1.82, 2.24) is 5.32 Å². The molecule has 0 bridgehead atoms. The Morgan fingerprint density at radius 2 is 1.11 bits per heavy atom.